The number of aromatic nitrogens is 1. The summed E-state index contributed by atoms with van der Waals surface area (Å²) >= 11 is 6.66. The zero-order chi connectivity index (χ0) is 17.5. The van der Waals surface area contributed by atoms with Gasteiger partial charge in [0.25, 0.3) is 5.91 Å². The molecule has 0 radical (unpaired) electrons. The fourth-order valence-electron chi connectivity index (χ4n) is 2.69. The van der Waals surface area contributed by atoms with Gasteiger partial charge in [-0.25, -0.2) is 9.37 Å². The molecule has 1 aliphatic rings. The van der Waals surface area contributed by atoms with Crippen molar-refractivity contribution in [3.8, 4) is 0 Å². The van der Waals surface area contributed by atoms with Gasteiger partial charge in [-0.3, -0.25) is 4.79 Å². The van der Waals surface area contributed by atoms with E-state index in [1.54, 1.807) is 0 Å². The Labute approximate surface area is 143 Å². The van der Waals surface area contributed by atoms with E-state index in [1.807, 2.05) is 0 Å². The number of carbonyl (C=O) groups is 1. The van der Waals surface area contributed by atoms with Crippen molar-refractivity contribution >= 4 is 28.8 Å². The zero-order valence-electron chi connectivity index (χ0n) is 12.0. The molecule has 0 saturated heterocycles. The first-order chi connectivity index (χ1) is 11.3. The summed E-state index contributed by atoms with van der Waals surface area (Å²) in [6, 6.07) is 3.64. The number of nitrogens with zero attached hydrogens (tertiary/aromatic N) is 1. The average Bonchev–Trinajstić information content (AvgIpc) is 2.96. The van der Waals surface area contributed by atoms with Crippen LogP contribution >= 0.6 is 22.9 Å². The quantitative estimate of drug-likeness (QED) is 0.791. The van der Waals surface area contributed by atoms with Gasteiger partial charge in [-0.05, 0) is 30.5 Å². The molecule has 1 amide bonds. The Bertz CT molecular complexity index is 777. The lowest BCUT2D eigenvalue weighted by molar-refractivity contribution is -0.141. The average molecular weight is 379 g/mol. The molecule has 0 bridgehead atoms. The predicted octanol–water partition coefficient (Wildman–Crippen LogP) is 4.63. The van der Waals surface area contributed by atoms with E-state index >= 15 is 0 Å². The number of hydrogen-bond acceptors (Lipinski definition) is 3. The Balaban J connectivity index is 1.75. The Kier molecular flexibility index (Phi) is 4.52. The van der Waals surface area contributed by atoms with Crippen molar-refractivity contribution in [2.75, 3.05) is 0 Å². The van der Waals surface area contributed by atoms with E-state index in [1.165, 1.54) is 18.2 Å². The molecular weight excluding hydrogens is 368 g/mol. The highest BCUT2D eigenvalue weighted by atomic mass is 35.5. The van der Waals surface area contributed by atoms with Gasteiger partial charge in [-0.2, -0.15) is 13.2 Å². The van der Waals surface area contributed by atoms with Crippen molar-refractivity contribution in [1.82, 2.24) is 10.3 Å². The van der Waals surface area contributed by atoms with Gasteiger partial charge in [0.1, 0.15) is 10.7 Å². The number of halogens is 5. The first-order valence-electron chi connectivity index (χ1n) is 7.04. The smallest absolute Gasteiger partial charge is 0.348 e. The Morgan fingerprint density at radius 3 is 2.67 bits per heavy atom. The lowest BCUT2D eigenvalue weighted by Crippen LogP contribution is -2.45. The van der Waals surface area contributed by atoms with Crippen molar-refractivity contribution in [1.29, 1.82) is 0 Å². The largest absolute Gasteiger partial charge is 0.434 e. The van der Waals surface area contributed by atoms with Crippen LogP contribution < -0.4 is 5.32 Å². The summed E-state index contributed by atoms with van der Waals surface area (Å²) in [5.41, 5.74) is 0.489. The summed E-state index contributed by atoms with van der Waals surface area (Å²) in [7, 11) is 0. The van der Waals surface area contributed by atoms with Gasteiger partial charge in [0.15, 0.2) is 5.69 Å². The fraction of sp³-hybridized carbons (Fsp3) is 0.333. The third kappa shape index (κ3) is 3.25. The number of hydrogen-bond donors (Lipinski definition) is 1. The molecule has 0 spiro atoms. The Morgan fingerprint density at radius 1 is 1.33 bits per heavy atom. The number of thiazole rings is 1. The molecule has 0 aliphatic heterocycles. The highest BCUT2D eigenvalue weighted by molar-refractivity contribution is 7.11. The summed E-state index contributed by atoms with van der Waals surface area (Å²) in [4.78, 5) is 14.9. The monoisotopic (exact) mass is 378 g/mol. The molecule has 9 heteroatoms. The van der Waals surface area contributed by atoms with Crippen LogP contribution in [0.5, 0.6) is 0 Å². The first kappa shape index (κ1) is 17.2. The molecular formula is C15H11ClF4N2OS. The molecule has 1 fully saturated rings. The number of rotatable bonds is 3. The molecule has 2 aromatic rings. The number of benzene rings is 1. The van der Waals surface area contributed by atoms with Crippen LogP contribution in [0.15, 0.2) is 23.7 Å². The highest BCUT2D eigenvalue weighted by Crippen LogP contribution is 2.41. The van der Waals surface area contributed by atoms with Gasteiger partial charge in [-0.1, -0.05) is 17.7 Å². The second kappa shape index (κ2) is 6.33. The van der Waals surface area contributed by atoms with Gasteiger partial charge in [0, 0.05) is 17.0 Å². The second-order valence-electron chi connectivity index (χ2n) is 5.46. The van der Waals surface area contributed by atoms with Crippen LogP contribution in [-0.4, -0.2) is 16.9 Å². The number of carbonyl (C=O) groups excluding carboxylic acids is 1. The standard InChI is InChI=1S/C15H11ClF4N2OS/c16-10-5-7(17)1-2-8(10)9-3-4-11(9)22-14(23)12-13(15(18,19)20)21-6-24-12/h1-2,5-6,9,11H,3-4H2,(H,22,23)/t9-,11-/m0/s1. The van der Waals surface area contributed by atoms with Crippen molar-refractivity contribution in [3.05, 3.63) is 50.7 Å². The van der Waals surface area contributed by atoms with E-state index in [4.69, 9.17) is 11.6 Å². The molecule has 3 rings (SSSR count). The molecule has 24 heavy (non-hydrogen) atoms. The minimum Gasteiger partial charge on any atom is -0.348 e. The van der Waals surface area contributed by atoms with Crippen LogP contribution in [0.2, 0.25) is 5.02 Å². The lowest BCUT2D eigenvalue weighted by atomic mass is 9.75. The first-order valence-corrected chi connectivity index (χ1v) is 8.29. The Morgan fingerprint density at radius 2 is 2.08 bits per heavy atom. The van der Waals surface area contributed by atoms with Crippen molar-refractivity contribution in [2.24, 2.45) is 0 Å². The third-order valence-electron chi connectivity index (χ3n) is 4.00. The van der Waals surface area contributed by atoms with Crippen LogP contribution in [0.4, 0.5) is 17.6 Å². The van der Waals surface area contributed by atoms with E-state index in [2.05, 4.69) is 10.3 Å². The third-order valence-corrected chi connectivity index (χ3v) is 5.15. The molecule has 1 heterocycles. The van der Waals surface area contributed by atoms with Crippen LogP contribution in [0.3, 0.4) is 0 Å². The molecule has 1 aliphatic carbocycles. The van der Waals surface area contributed by atoms with Gasteiger partial charge in [0.05, 0.1) is 5.51 Å². The molecule has 2 atom stereocenters. The topological polar surface area (TPSA) is 42.0 Å². The van der Waals surface area contributed by atoms with E-state index in [-0.39, 0.29) is 17.0 Å². The van der Waals surface area contributed by atoms with E-state index < -0.39 is 28.5 Å². The zero-order valence-corrected chi connectivity index (χ0v) is 13.6. The van der Waals surface area contributed by atoms with Crippen LogP contribution in [0, 0.1) is 5.82 Å². The summed E-state index contributed by atoms with van der Waals surface area (Å²) < 4.78 is 51.6. The van der Waals surface area contributed by atoms with Gasteiger partial charge >= 0.3 is 6.18 Å². The summed E-state index contributed by atoms with van der Waals surface area (Å²) in [5.74, 6) is -1.43. The molecule has 1 aromatic carbocycles. The van der Waals surface area contributed by atoms with Crippen molar-refractivity contribution in [2.45, 2.75) is 31.0 Å². The van der Waals surface area contributed by atoms with E-state index in [9.17, 15) is 22.4 Å². The maximum Gasteiger partial charge on any atom is 0.434 e. The van der Waals surface area contributed by atoms with Crippen LogP contribution in [-0.2, 0) is 6.18 Å². The minimum atomic E-state index is -4.67. The summed E-state index contributed by atoms with van der Waals surface area (Å²) in [6.45, 7) is 0. The SMILES string of the molecule is O=C(N[C@H]1CC[C@H]1c1ccc(F)cc1Cl)c1scnc1C(F)(F)F. The van der Waals surface area contributed by atoms with Crippen LogP contribution in [0.1, 0.15) is 39.7 Å². The van der Waals surface area contributed by atoms with Crippen molar-refractivity contribution < 1.29 is 22.4 Å². The maximum absolute atomic E-state index is 13.1. The second-order valence-corrected chi connectivity index (χ2v) is 6.72. The predicted molar refractivity (Wildman–Crippen MR) is 81.8 cm³/mol. The van der Waals surface area contributed by atoms with Gasteiger partial charge in [0.2, 0.25) is 0 Å². The van der Waals surface area contributed by atoms with Crippen LogP contribution in [0.25, 0.3) is 0 Å². The fourth-order valence-corrected chi connectivity index (χ4v) is 3.71. The van der Waals surface area contributed by atoms with Crippen molar-refractivity contribution in [3.63, 3.8) is 0 Å². The number of amides is 1. The molecule has 0 unspecified atom stereocenters. The maximum atomic E-state index is 13.1. The Hall–Kier alpha value is -1.67. The lowest BCUT2D eigenvalue weighted by Gasteiger charge is -2.38. The molecule has 1 saturated carbocycles. The summed E-state index contributed by atoms with van der Waals surface area (Å²) in [5, 5.41) is 2.84. The molecule has 1 N–H and O–H groups in total. The van der Waals surface area contributed by atoms with E-state index in [0.29, 0.717) is 29.7 Å². The minimum absolute atomic E-state index is 0.149. The highest BCUT2D eigenvalue weighted by Gasteiger charge is 2.40. The molecule has 1 aromatic heterocycles. The van der Waals surface area contributed by atoms with Gasteiger partial charge in [-0.15, -0.1) is 11.3 Å². The van der Waals surface area contributed by atoms with Gasteiger partial charge < -0.3 is 5.32 Å². The summed E-state index contributed by atoms with van der Waals surface area (Å²) in [6.07, 6.45) is -3.35. The van der Waals surface area contributed by atoms with E-state index in [0.717, 1.165) is 5.51 Å². The number of nitrogens with one attached hydrogen (secondary N) is 1. The molecule has 3 nitrogen and oxygen atoms in total. The molecule has 128 valence electrons. The normalized spacial score (nSPS) is 20.5. The number of alkyl halides is 3.